The van der Waals surface area contributed by atoms with Crippen molar-refractivity contribution in [3.63, 3.8) is 0 Å². The van der Waals surface area contributed by atoms with Gasteiger partial charge in [0, 0.05) is 10.7 Å². The summed E-state index contributed by atoms with van der Waals surface area (Å²) in [6.07, 6.45) is -4.56. The molecule has 0 unspecified atom stereocenters. The number of hydrogen-bond donors (Lipinski definition) is 0. The highest BCUT2D eigenvalue weighted by molar-refractivity contribution is 8.13. The monoisotopic (exact) mass is 330 g/mol. The molecule has 0 saturated carbocycles. The van der Waals surface area contributed by atoms with Crippen molar-refractivity contribution in [2.45, 2.75) is 37.3 Å². The summed E-state index contributed by atoms with van der Waals surface area (Å²) < 4.78 is 63.8. The molecule has 114 valence electrons. The van der Waals surface area contributed by atoms with Gasteiger partial charge in [-0.3, -0.25) is 0 Å². The van der Waals surface area contributed by atoms with Gasteiger partial charge >= 0.3 is 6.18 Å². The Hall–Kier alpha value is -0.950. The van der Waals surface area contributed by atoms with Crippen molar-refractivity contribution >= 4 is 19.7 Å². The van der Waals surface area contributed by atoms with Crippen LogP contribution in [0.4, 0.5) is 13.2 Å². The first-order valence-corrected chi connectivity index (χ1v) is 7.90. The van der Waals surface area contributed by atoms with E-state index in [4.69, 9.17) is 10.7 Å². The lowest BCUT2D eigenvalue weighted by molar-refractivity contribution is -0.153. The van der Waals surface area contributed by atoms with E-state index in [9.17, 15) is 21.6 Å². The first-order valence-electron chi connectivity index (χ1n) is 5.59. The number of hydrogen-bond acceptors (Lipinski definition) is 3. The van der Waals surface area contributed by atoms with Crippen LogP contribution < -0.4 is 4.74 Å². The molecule has 0 atom stereocenters. The van der Waals surface area contributed by atoms with Crippen LogP contribution in [0.25, 0.3) is 0 Å². The van der Waals surface area contributed by atoms with E-state index in [2.05, 4.69) is 4.74 Å². The average molecular weight is 331 g/mol. The van der Waals surface area contributed by atoms with Crippen molar-refractivity contribution in [3.05, 3.63) is 23.8 Å². The second-order valence-corrected chi connectivity index (χ2v) is 7.79. The molecule has 0 heterocycles. The molecule has 0 fully saturated rings. The second-order valence-electron chi connectivity index (χ2n) is 5.25. The summed E-state index contributed by atoms with van der Waals surface area (Å²) in [5, 5.41) is 0. The zero-order valence-corrected chi connectivity index (χ0v) is 12.7. The maximum atomic E-state index is 12.1. The van der Waals surface area contributed by atoms with Crippen LogP contribution in [0, 0.1) is 0 Å². The van der Waals surface area contributed by atoms with Gasteiger partial charge in [-0.25, -0.2) is 8.42 Å². The minimum absolute atomic E-state index is 0.376. The fraction of sp³-hybridized carbons (Fsp3) is 0.500. The van der Waals surface area contributed by atoms with Crippen LogP contribution in [-0.2, 0) is 14.5 Å². The first kappa shape index (κ1) is 17.1. The Balaban J connectivity index is 3.26. The number of halogens is 4. The van der Waals surface area contributed by atoms with Gasteiger partial charge in [0.25, 0.3) is 9.05 Å². The second kappa shape index (κ2) is 5.44. The van der Waals surface area contributed by atoms with E-state index >= 15 is 0 Å². The fourth-order valence-electron chi connectivity index (χ4n) is 1.44. The molecule has 0 amide bonds. The van der Waals surface area contributed by atoms with Crippen molar-refractivity contribution in [2.75, 3.05) is 6.61 Å². The van der Waals surface area contributed by atoms with E-state index < -0.39 is 32.5 Å². The minimum atomic E-state index is -4.56. The Labute approximate surface area is 120 Å². The van der Waals surface area contributed by atoms with E-state index in [-0.39, 0.29) is 5.41 Å². The zero-order chi connectivity index (χ0) is 15.8. The molecule has 0 saturated heterocycles. The molecule has 1 rings (SSSR count). The average Bonchev–Trinajstić information content (AvgIpc) is 2.22. The predicted octanol–water partition coefficient (Wildman–Crippen LogP) is 3.85. The number of ether oxygens (including phenoxy) is 1. The molecular weight excluding hydrogens is 317 g/mol. The minimum Gasteiger partial charge on any atom is -0.483 e. The summed E-state index contributed by atoms with van der Waals surface area (Å²) in [6.45, 7) is 3.93. The van der Waals surface area contributed by atoms with E-state index in [1.165, 1.54) is 18.2 Å². The largest absolute Gasteiger partial charge is 0.483 e. The van der Waals surface area contributed by atoms with Crippen LogP contribution in [0.3, 0.4) is 0 Å². The maximum absolute atomic E-state index is 12.1. The highest BCUT2D eigenvalue weighted by Crippen LogP contribution is 2.33. The van der Waals surface area contributed by atoms with Gasteiger partial charge in [0.1, 0.15) is 10.6 Å². The van der Waals surface area contributed by atoms with Crippen LogP contribution in [0.1, 0.15) is 26.3 Å². The summed E-state index contributed by atoms with van der Waals surface area (Å²) in [5.41, 5.74) is 0.245. The zero-order valence-electron chi connectivity index (χ0n) is 11.1. The summed E-state index contributed by atoms with van der Waals surface area (Å²) in [5.74, 6) is -0.412. The van der Waals surface area contributed by atoms with Crippen LogP contribution in [0.2, 0.25) is 0 Å². The molecular formula is C12H14ClF3O3S. The standard InChI is InChI=1S/C12H14ClF3O3S/c1-11(2,3)8-4-5-9(19-7-12(14,15)16)10(6-8)20(13,17)18/h4-6H,7H2,1-3H3. The molecule has 0 spiro atoms. The van der Waals surface area contributed by atoms with Crippen LogP contribution in [-0.4, -0.2) is 21.2 Å². The topological polar surface area (TPSA) is 43.4 Å². The van der Waals surface area contributed by atoms with Gasteiger partial charge in [0.15, 0.2) is 6.61 Å². The van der Waals surface area contributed by atoms with Crippen molar-refractivity contribution in [2.24, 2.45) is 0 Å². The molecule has 0 bridgehead atoms. The molecule has 20 heavy (non-hydrogen) atoms. The molecule has 3 nitrogen and oxygen atoms in total. The van der Waals surface area contributed by atoms with E-state index in [0.29, 0.717) is 5.56 Å². The summed E-state index contributed by atoms with van der Waals surface area (Å²) in [4.78, 5) is -0.462. The molecule has 0 radical (unpaired) electrons. The Morgan fingerprint density at radius 1 is 1.20 bits per heavy atom. The number of benzene rings is 1. The lowest BCUT2D eigenvalue weighted by atomic mass is 9.87. The van der Waals surface area contributed by atoms with Crippen LogP contribution in [0.15, 0.2) is 23.1 Å². The quantitative estimate of drug-likeness (QED) is 0.791. The van der Waals surface area contributed by atoms with Crippen molar-refractivity contribution in [3.8, 4) is 5.75 Å². The molecule has 8 heteroatoms. The predicted molar refractivity (Wildman–Crippen MR) is 69.7 cm³/mol. The van der Waals surface area contributed by atoms with Crippen molar-refractivity contribution in [1.29, 1.82) is 0 Å². The third-order valence-electron chi connectivity index (χ3n) is 2.46. The third kappa shape index (κ3) is 4.86. The number of alkyl halides is 3. The van der Waals surface area contributed by atoms with E-state index in [1.807, 2.05) is 20.8 Å². The van der Waals surface area contributed by atoms with Gasteiger partial charge < -0.3 is 4.74 Å². The maximum Gasteiger partial charge on any atom is 0.422 e. The lowest BCUT2D eigenvalue weighted by Gasteiger charge is -2.21. The molecule has 0 aliphatic rings. The van der Waals surface area contributed by atoms with Gasteiger partial charge in [-0.1, -0.05) is 26.8 Å². The van der Waals surface area contributed by atoms with Gasteiger partial charge in [0.05, 0.1) is 0 Å². The Kier molecular flexibility index (Phi) is 4.65. The summed E-state index contributed by atoms with van der Waals surface area (Å²) >= 11 is 0. The Bertz CT molecular complexity index is 589. The van der Waals surface area contributed by atoms with Gasteiger partial charge in [0.2, 0.25) is 0 Å². The van der Waals surface area contributed by atoms with Crippen LogP contribution in [0.5, 0.6) is 5.75 Å². The van der Waals surface area contributed by atoms with Crippen molar-refractivity contribution in [1.82, 2.24) is 0 Å². The van der Waals surface area contributed by atoms with Crippen molar-refractivity contribution < 1.29 is 26.3 Å². The third-order valence-corrected chi connectivity index (χ3v) is 3.81. The van der Waals surface area contributed by atoms with Gasteiger partial charge in [-0.05, 0) is 23.1 Å². The Morgan fingerprint density at radius 2 is 1.75 bits per heavy atom. The first-order chi connectivity index (χ1) is 8.81. The normalized spacial score (nSPS) is 13.3. The number of rotatable bonds is 3. The molecule has 0 aliphatic carbocycles. The Morgan fingerprint density at radius 3 is 2.15 bits per heavy atom. The molecule has 1 aromatic rings. The van der Waals surface area contributed by atoms with Gasteiger partial charge in [-0.2, -0.15) is 13.2 Å². The van der Waals surface area contributed by atoms with E-state index in [1.54, 1.807) is 0 Å². The molecule has 1 aromatic carbocycles. The summed E-state index contributed by atoms with van der Waals surface area (Å²) in [6, 6.07) is 3.92. The lowest BCUT2D eigenvalue weighted by Crippen LogP contribution is -2.20. The SMILES string of the molecule is CC(C)(C)c1ccc(OCC(F)(F)F)c(S(=O)(=O)Cl)c1. The van der Waals surface area contributed by atoms with Crippen LogP contribution >= 0.6 is 10.7 Å². The fourth-order valence-corrected chi connectivity index (χ4v) is 2.44. The highest BCUT2D eigenvalue weighted by atomic mass is 35.7. The molecule has 0 aliphatic heterocycles. The van der Waals surface area contributed by atoms with E-state index in [0.717, 1.165) is 0 Å². The summed E-state index contributed by atoms with van der Waals surface area (Å²) in [7, 11) is 1.04. The molecule has 0 N–H and O–H groups in total. The smallest absolute Gasteiger partial charge is 0.422 e. The molecule has 0 aromatic heterocycles. The van der Waals surface area contributed by atoms with Gasteiger partial charge in [-0.15, -0.1) is 0 Å². The highest BCUT2D eigenvalue weighted by Gasteiger charge is 2.30.